The molecular formula is C10H17N5O3S. The van der Waals surface area contributed by atoms with Crippen molar-refractivity contribution in [1.82, 2.24) is 14.9 Å². The van der Waals surface area contributed by atoms with E-state index in [4.69, 9.17) is 10.9 Å². The molecule has 0 saturated heterocycles. The van der Waals surface area contributed by atoms with Gasteiger partial charge in [0.2, 0.25) is 10.0 Å². The van der Waals surface area contributed by atoms with Crippen molar-refractivity contribution in [2.24, 2.45) is 10.9 Å². The number of sulfonamides is 1. The van der Waals surface area contributed by atoms with E-state index in [1.165, 1.54) is 12.4 Å². The number of aromatic nitrogens is 2. The van der Waals surface area contributed by atoms with Gasteiger partial charge in [0.1, 0.15) is 4.90 Å². The van der Waals surface area contributed by atoms with E-state index < -0.39 is 15.6 Å². The van der Waals surface area contributed by atoms with Crippen molar-refractivity contribution >= 4 is 15.9 Å². The van der Waals surface area contributed by atoms with Gasteiger partial charge in [-0.15, -0.1) is 0 Å². The molecule has 5 N–H and O–H groups in total. The van der Waals surface area contributed by atoms with Gasteiger partial charge in [0, 0.05) is 6.20 Å². The molecule has 106 valence electrons. The van der Waals surface area contributed by atoms with E-state index in [1.54, 1.807) is 0 Å². The van der Waals surface area contributed by atoms with Crippen molar-refractivity contribution in [3.63, 3.8) is 0 Å². The number of aromatic amines is 1. The number of nitrogens with one attached hydrogen (secondary N) is 2. The molecule has 1 fully saturated rings. The summed E-state index contributed by atoms with van der Waals surface area (Å²) in [6, 6.07) is 0. The van der Waals surface area contributed by atoms with Crippen LogP contribution in [0, 0.1) is 0 Å². The predicted octanol–water partition coefficient (Wildman–Crippen LogP) is 0.137. The molecule has 1 saturated carbocycles. The third-order valence-electron chi connectivity index (χ3n) is 3.42. The summed E-state index contributed by atoms with van der Waals surface area (Å²) >= 11 is 0. The highest BCUT2D eigenvalue weighted by Crippen LogP contribution is 2.30. The quantitative estimate of drug-likeness (QED) is 0.270. The summed E-state index contributed by atoms with van der Waals surface area (Å²) in [6.45, 7) is 0. The Hall–Kier alpha value is -1.61. The number of nitrogens with two attached hydrogens (primary N) is 1. The highest BCUT2D eigenvalue weighted by molar-refractivity contribution is 7.89. The maximum Gasteiger partial charge on any atom is 0.244 e. The third kappa shape index (κ3) is 2.71. The van der Waals surface area contributed by atoms with Gasteiger partial charge >= 0.3 is 0 Å². The van der Waals surface area contributed by atoms with E-state index in [0.717, 1.165) is 19.3 Å². The van der Waals surface area contributed by atoms with Crippen LogP contribution < -0.4 is 10.5 Å². The summed E-state index contributed by atoms with van der Waals surface area (Å²) < 4.78 is 27.0. The van der Waals surface area contributed by atoms with E-state index in [1.807, 2.05) is 0 Å². The molecule has 9 heteroatoms. The first-order chi connectivity index (χ1) is 9.00. The normalized spacial score (nSPS) is 20.3. The van der Waals surface area contributed by atoms with Gasteiger partial charge in [-0.2, -0.15) is 9.82 Å². The van der Waals surface area contributed by atoms with Gasteiger partial charge < -0.3 is 10.9 Å². The monoisotopic (exact) mass is 287 g/mol. The fourth-order valence-electron chi connectivity index (χ4n) is 2.36. The molecule has 1 aromatic rings. The van der Waals surface area contributed by atoms with Gasteiger partial charge in [-0.05, 0) is 12.8 Å². The maximum absolute atomic E-state index is 12.2. The number of H-pyrrole nitrogens is 1. The SMILES string of the molecule is N/C(=N/O)C1(NS(=O)(=O)c2cn[nH]c2)CCCCC1. The van der Waals surface area contributed by atoms with E-state index >= 15 is 0 Å². The smallest absolute Gasteiger partial charge is 0.244 e. The molecule has 0 amide bonds. The average Bonchev–Trinajstić information content (AvgIpc) is 2.93. The summed E-state index contributed by atoms with van der Waals surface area (Å²) in [5.41, 5.74) is 4.68. The number of oxime groups is 1. The molecule has 1 heterocycles. The maximum atomic E-state index is 12.2. The van der Waals surface area contributed by atoms with Gasteiger partial charge in [0.15, 0.2) is 5.84 Å². The van der Waals surface area contributed by atoms with Crippen LogP contribution in [0.1, 0.15) is 32.1 Å². The average molecular weight is 287 g/mol. The minimum Gasteiger partial charge on any atom is -0.409 e. The number of hydrogen-bond acceptors (Lipinski definition) is 5. The number of nitrogens with zero attached hydrogens (tertiary/aromatic N) is 2. The highest BCUT2D eigenvalue weighted by atomic mass is 32.2. The third-order valence-corrected chi connectivity index (χ3v) is 4.92. The number of hydrogen-bond donors (Lipinski definition) is 4. The molecule has 0 bridgehead atoms. The molecule has 0 aromatic carbocycles. The lowest BCUT2D eigenvalue weighted by molar-refractivity contribution is 0.294. The summed E-state index contributed by atoms with van der Waals surface area (Å²) in [7, 11) is -3.75. The fraction of sp³-hybridized carbons (Fsp3) is 0.600. The summed E-state index contributed by atoms with van der Waals surface area (Å²) in [5, 5.41) is 17.9. The van der Waals surface area contributed by atoms with Gasteiger partial charge in [-0.3, -0.25) is 5.10 Å². The van der Waals surface area contributed by atoms with Crippen molar-refractivity contribution in [2.75, 3.05) is 0 Å². The van der Waals surface area contributed by atoms with Crippen LogP contribution in [-0.4, -0.2) is 35.2 Å². The predicted molar refractivity (Wildman–Crippen MR) is 68.1 cm³/mol. The molecule has 0 unspecified atom stereocenters. The summed E-state index contributed by atoms with van der Waals surface area (Å²) in [5.74, 6) is -0.0979. The van der Waals surface area contributed by atoms with Crippen LogP contribution in [-0.2, 0) is 10.0 Å². The standard InChI is InChI=1S/C10H17N5O3S/c11-9(14-16)10(4-2-1-3-5-10)15-19(17,18)8-6-12-13-7-8/h6-7,15-16H,1-5H2,(H2,11,14)(H,12,13). The molecule has 1 aromatic heterocycles. The van der Waals surface area contributed by atoms with Crippen molar-refractivity contribution in [1.29, 1.82) is 0 Å². The Morgan fingerprint density at radius 2 is 2.16 bits per heavy atom. The Labute approximate surface area is 111 Å². The van der Waals surface area contributed by atoms with Crippen molar-refractivity contribution in [2.45, 2.75) is 42.5 Å². The lowest BCUT2D eigenvalue weighted by atomic mass is 9.82. The molecule has 8 nitrogen and oxygen atoms in total. The first-order valence-corrected chi connectivity index (χ1v) is 7.49. The minimum atomic E-state index is -3.75. The molecular weight excluding hydrogens is 270 g/mol. The van der Waals surface area contributed by atoms with E-state index in [-0.39, 0.29) is 10.7 Å². The van der Waals surface area contributed by atoms with Crippen LogP contribution in [0.2, 0.25) is 0 Å². The Morgan fingerprint density at radius 3 is 2.68 bits per heavy atom. The van der Waals surface area contributed by atoms with Gasteiger partial charge in [0.25, 0.3) is 0 Å². The molecule has 0 atom stereocenters. The lowest BCUT2D eigenvalue weighted by Crippen LogP contribution is -2.58. The number of amidine groups is 1. The second kappa shape index (κ2) is 5.17. The Morgan fingerprint density at radius 1 is 1.47 bits per heavy atom. The van der Waals surface area contributed by atoms with Gasteiger partial charge in [0.05, 0.1) is 11.7 Å². The molecule has 1 aliphatic carbocycles. The van der Waals surface area contributed by atoms with Crippen LogP contribution in [0.5, 0.6) is 0 Å². The van der Waals surface area contributed by atoms with Gasteiger partial charge in [-0.1, -0.05) is 24.4 Å². The van der Waals surface area contributed by atoms with E-state index in [0.29, 0.717) is 12.8 Å². The molecule has 0 aliphatic heterocycles. The Balaban J connectivity index is 2.31. The highest BCUT2D eigenvalue weighted by Gasteiger charge is 2.40. The molecule has 2 rings (SSSR count). The van der Waals surface area contributed by atoms with Crippen LogP contribution in [0.25, 0.3) is 0 Å². The van der Waals surface area contributed by atoms with E-state index in [9.17, 15) is 8.42 Å². The first kappa shape index (κ1) is 13.8. The molecule has 0 spiro atoms. The van der Waals surface area contributed by atoms with Crippen molar-refractivity contribution in [3.8, 4) is 0 Å². The van der Waals surface area contributed by atoms with Crippen molar-refractivity contribution < 1.29 is 13.6 Å². The topological polar surface area (TPSA) is 133 Å². The molecule has 0 radical (unpaired) electrons. The molecule has 1 aliphatic rings. The number of rotatable bonds is 4. The largest absolute Gasteiger partial charge is 0.409 e. The zero-order valence-electron chi connectivity index (χ0n) is 10.3. The van der Waals surface area contributed by atoms with E-state index in [2.05, 4.69) is 20.1 Å². The van der Waals surface area contributed by atoms with Crippen molar-refractivity contribution in [3.05, 3.63) is 12.4 Å². The lowest BCUT2D eigenvalue weighted by Gasteiger charge is -2.36. The van der Waals surface area contributed by atoms with Crippen LogP contribution in [0.4, 0.5) is 0 Å². The van der Waals surface area contributed by atoms with Crippen LogP contribution in [0.15, 0.2) is 22.4 Å². The first-order valence-electron chi connectivity index (χ1n) is 6.01. The second-order valence-corrected chi connectivity index (χ2v) is 6.35. The summed E-state index contributed by atoms with van der Waals surface area (Å²) in [4.78, 5) is 0.0307. The second-order valence-electron chi connectivity index (χ2n) is 4.67. The minimum absolute atomic E-state index is 0.0307. The Bertz CT molecular complexity index is 546. The molecule has 19 heavy (non-hydrogen) atoms. The summed E-state index contributed by atoms with van der Waals surface area (Å²) in [6.07, 6.45) is 6.18. The zero-order valence-corrected chi connectivity index (χ0v) is 11.2. The fourth-order valence-corrected chi connectivity index (χ4v) is 3.70. The van der Waals surface area contributed by atoms with Crippen LogP contribution in [0.3, 0.4) is 0 Å². The Kier molecular flexibility index (Phi) is 3.76. The van der Waals surface area contributed by atoms with Gasteiger partial charge in [-0.25, -0.2) is 8.42 Å². The van der Waals surface area contributed by atoms with Crippen LogP contribution >= 0.6 is 0 Å². The zero-order chi connectivity index (χ0) is 13.9.